The molecule has 6 nitrogen and oxygen atoms in total. The number of rotatable bonds is 5. The van der Waals surface area contributed by atoms with Crippen LogP contribution < -0.4 is 0 Å². The Morgan fingerprint density at radius 3 is 2.91 bits per heavy atom. The summed E-state index contributed by atoms with van der Waals surface area (Å²) in [5.41, 5.74) is 1.06. The Balaban J connectivity index is 1.96. The summed E-state index contributed by atoms with van der Waals surface area (Å²) < 4.78 is 13.2. The third-order valence-corrected chi connectivity index (χ3v) is 3.45. The molecule has 0 bridgehead atoms. The second kappa shape index (κ2) is 6.55. The number of amides is 1. The number of carboxylic acids is 1. The fourth-order valence-corrected chi connectivity index (χ4v) is 2.17. The number of aliphatic carboxylic acids is 1. The maximum Gasteiger partial charge on any atom is 0.308 e. The lowest BCUT2D eigenvalue weighted by atomic mass is 10.0. The highest BCUT2D eigenvalue weighted by Gasteiger charge is 2.32. The van der Waals surface area contributed by atoms with Gasteiger partial charge >= 0.3 is 5.97 Å². The van der Waals surface area contributed by atoms with Crippen molar-refractivity contribution in [2.24, 2.45) is 11.1 Å². The number of hydrogen-bond donors (Lipinski definition) is 1. The first-order chi connectivity index (χ1) is 10.4. The molecule has 1 aromatic rings. The molecule has 1 aromatic carbocycles. The molecule has 2 rings (SSSR count). The monoisotopic (exact) mass is 308 g/mol. The van der Waals surface area contributed by atoms with Crippen LogP contribution in [-0.2, 0) is 14.4 Å². The molecule has 1 heterocycles. The van der Waals surface area contributed by atoms with Gasteiger partial charge in [-0.05, 0) is 12.1 Å². The Bertz CT molecular complexity index is 617. The van der Waals surface area contributed by atoms with Crippen molar-refractivity contribution in [1.29, 1.82) is 0 Å². The smallest absolute Gasteiger partial charge is 0.308 e. The Labute approximate surface area is 127 Å². The quantitative estimate of drug-likeness (QED) is 0.894. The highest BCUT2D eigenvalue weighted by atomic mass is 19.1. The molecule has 7 heteroatoms. The zero-order valence-corrected chi connectivity index (χ0v) is 12.3. The molecular formula is C15H17FN2O4. The molecule has 0 fully saturated rings. The van der Waals surface area contributed by atoms with E-state index in [-0.39, 0.29) is 24.7 Å². The van der Waals surface area contributed by atoms with Crippen LogP contribution >= 0.6 is 0 Å². The number of hydrogen-bond acceptors (Lipinski definition) is 4. The lowest BCUT2D eigenvalue weighted by Crippen LogP contribution is -2.40. The molecule has 0 aromatic heterocycles. The number of benzene rings is 1. The van der Waals surface area contributed by atoms with Gasteiger partial charge in [-0.1, -0.05) is 24.2 Å². The molecule has 0 aliphatic carbocycles. The van der Waals surface area contributed by atoms with Crippen LogP contribution in [0.5, 0.6) is 0 Å². The van der Waals surface area contributed by atoms with E-state index in [1.54, 1.807) is 12.1 Å². The first kappa shape index (κ1) is 15.9. The second-order valence-electron chi connectivity index (χ2n) is 5.30. The number of likely N-dealkylation sites (N-methyl/N-ethyl adjacent to an activating group) is 1. The minimum Gasteiger partial charge on any atom is -0.481 e. The molecule has 1 N–H and O–H groups in total. The van der Waals surface area contributed by atoms with Gasteiger partial charge in [0.2, 0.25) is 6.10 Å². The van der Waals surface area contributed by atoms with E-state index in [0.29, 0.717) is 11.3 Å². The second-order valence-corrected chi connectivity index (χ2v) is 5.30. The maximum atomic E-state index is 13.2. The maximum absolute atomic E-state index is 13.2. The van der Waals surface area contributed by atoms with Crippen LogP contribution in [0.15, 0.2) is 29.4 Å². The summed E-state index contributed by atoms with van der Waals surface area (Å²) in [4.78, 5) is 29.5. The summed E-state index contributed by atoms with van der Waals surface area (Å²) in [5, 5.41) is 12.7. The van der Waals surface area contributed by atoms with E-state index in [2.05, 4.69) is 5.16 Å². The van der Waals surface area contributed by atoms with Gasteiger partial charge in [0, 0.05) is 25.6 Å². The van der Waals surface area contributed by atoms with Crippen LogP contribution in [0.4, 0.5) is 4.39 Å². The van der Waals surface area contributed by atoms with Gasteiger partial charge in [0.25, 0.3) is 5.91 Å². The van der Waals surface area contributed by atoms with E-state index in [9.17, 15) is 14.0 Å². The normalized spacial score (nSPS) is 18.3. The molecule has 2 atom stereocenters. The average Bonchev–Trinajstić information content (AvgIpc) is 2.96. The molecule has 0 saturated carbocycles. The van der Waals surface area contributed by atoms with E-state index in [0.717, 1.165) is 0 Å². The highest BCUT2D eigenvalue weighted by Crippen LogP contribution is 2.19. The molecule has 22 heavy (non-hydrogen) atoms. The SMILES string of the molecule is CC(CN(C)C(=O)C1CC(c2cccc(F)c2)=NO1)C(=O)O. The fourth-order valence-electron chi connectivity index (χ4n) is 2.17. The predicted octanol–water partition coefficient (Wildman–Crippen LogP) is 1.50. The van der Waals surface area contributed by atoms with Gasteiger partial charge in [-0.15, -0.1) is 0 Å². The molecule has 2 unspecified atom stereocenters. The van der Waals surface area contributed by atoms with Crippen molar-refractivity contribution in [3.63, 3.8) is 0 Å². The van der Waals surface area contributed by atoms with Gasteiger partial charge in [0.15, 0.2) is 0 Å². The van der Waals surface area contributed by atoms with Crippen LogP contribution in [-0.4, -0.2) is 47.3 Å². The van der Waals surface area contributed by atoms with Crippen LogP contribution in [0, 0.1) is 11.7 Å². The van der Waals surface area contributed by atoms with Crippen LogP contribution in [0.3, 0.4) is 0 Å². The van der Waals surface area contributed by atoms with E-state index in [1.165, 1.54) is 31.0 Å². The molecule has 1 amide bonds. The molecule has 0 spiro atoms. The molecule has 0 radical (unpaired) electrons. The number of carboxylic acid groups (broad SMARTS) is 1. The van der Waals surface area contributed by atoms with Crippen molar-refractivity contribution in [2.45, 2.75) is 19.4 Å². The van der Waals surface area contributed by atoms with Crippen molar-refractivity contribution in [3.8, 4) is 0 Å². The van der Waals surface area contributed by atoms with Gasteiger partial charge in [-0.3, -0.25) is 9.59 Å². The summed E-state index contributed by atoms with van der Waals surface area (Å²) in [6, 6.07) is 5.90. The van der Waals surface area contributed by atoms with E-state index >= 15 is 0 Å². The molecule has 1 aliphatic heterocycles. The molecule has 118 valence electrons. The van der Waals surface area contributed by atoms with Crippen LogP contribution in [0.25, 0.3) is 0 Å². The van der Waals surface area contributed by atoms with Crippen molar-refractivity contribution >= 4 is 17.6 Å². The summed E-state index contributed by atoms with van der Waals surface area (Å²) in [6.45, 7) is 1.61. The summed E-state index contributed by atoms with van der Waals surface area (Å²) in [5.74, 6) is -2.37. The van der Waals surface area contributed by atoms with Crippen LogP contribution in [0.2, 0.25) is 0 Å². The zero-order chi connectivity index (χ0) is 16.3. The summed E-state index contributed by atoms with van der Waals surface area (Å²) >= 11 is 0. The van der Waals surface area contributed by atoms with Gasteiger partial charge in [0.05, 0.1) is 11.6 Å². The van der Waals surface area contributed by atoms with Crippen molar-refractivity contribution in [1.82, 2.24) is 4.90 Å². The Morgan fingerprint density at radius 1 is 1.55 bits per heavy atom. The minimum atomic E-state index is -0.969. The number of oxime groups is 1. The molecule has 0 saturated heterocycles. The Hall–Kier alpha value is -2.44. The Kier molecular flexibility index (Phi) is 4.75. The van der Waals surface area contributed by atoms with E-state index in [4.69, 9.17) is 9.94 Å². The van der Waals surface area contributed by atoms with Crippen molar-refractivity contribution in [2.75, 3.05) is 13.6 Å². The molecule has 1 aliphatic rings. The third kappa shape index (κ3) is 3.60. The van der Waals surface area contributed by atoms with Crippen molar-refractivity contribution in [3.05, 3.63) is 35.6 Å². The number of carbonyl (C=O) groups excluding carboxylic acids is 1. The first-order valence-electron chi connectivity index (χ1n) is 6.85. The zero-order valence-electron chi connectivity index (χ0n) is 12.3. The van der Waals surface area contributed by atoms with E-state index in [1.807, 2.05) is 0 Å². The average molecular weight is 308 g/mol. The topological polar surface area (TPSA) is 79.2 Å². The predicted molar refractivity (Wildman–Crippen MR) is 76.9 cm³/mol. The molecular weight excluding hydrogens is 291 g/mol. The first-order valence-corrected chi connectivity index (χ1v) is 6.85. The standard InChI is InChI=1S/C15H17FN2O4/c1-9(15(20)21)8-18(2)14(19)13-7-12(17-22-13)10-4-3-5-11(16)6-10/h3-6,9,13H,7-8H2,1-2H3,(H,20,21). The highest BCUT2D eigenvalue weighted by molar-refractivity contribution is 6.04. The lowest BCUT2D eigenvalue weighted by Gasteiger charge is -2.21. The number of halogens is 1. The van der Waals surface area contributed by atoms with Gasteiger partial charge < -0.3 is 14.8 Å². The summed E-state index contributed by atoms with van der Waals surface area (Å²) in [7, 11) is 1.52. The van der Waals surface area contributed by atoms with Crippen LogP contribution in [0.1, 0.15) is 18.9 Å². The van der Waals surface area contributed by atoms with E-state index < -0.39 is 18.0 Å². The largest absolute Gasteiger partial charge is 0.481 e. The summed E-state index contributed by atoms with van der Waals surface area (Å²) in [6.07, 6.45) is -0.571. The number of nitrogens with zero attached hydrogens (tertiary/aromatic N) is 2. The number of carbonyl (C=O) groups is 2. The van der Waals surface area contributed by atoms with Gasteiger partial charge in [-0.2, -0.15) is 0 Å². The van der Waals surface area contributed by atoms with Gasteiger partial charge in [0.1, 0.15) is 5.82 Å². The lowest BCUT2D eigenvalue weighted by molar-refractivity contribution is -0.145. The fraction of sp³-hybridized carbons (Fsp3) is 0.400. The third-order valence-electron chi connectivity index (χ3n) is 3.45. The minimum absolute atomic E-state index is 0.0866. The van der Waals surface area contributed by atoms with Gasteiger partial charge in [-0.25, -0.2) is 4.39 Å². The van der Waals surface area contributed by atoms with Crippen molar-refractivity contribution < 1.29 is 23.9 Å². The Morgan fingerprint density at radius 2 is 2.27 bits per heavy atom.